The standard InChI is InChI=1S/C29H27ClF2N4O3/c30-21-13-23(19-3-5-20(6-4-19)28(38)36-11-9-29(31,32)10-12-36)24-15-22(39-25(24)14-21)17-35-27(37)8-2-18-1-7-26(33)34-16-18/h1-8,13-16,28,38H,9-12,17H2,(H2,33,34)(H,35,37)/b8-2+. The molecular weight excluding hydrogens is 526 g/mol. The summed E-state index contributed by atoms with van der Waals surface area (Å²) in [5.74, 6) is -2.01. The van der Waals surface area contributed by atoms with Gasteiger partial charge in [0.1, 0.15) is 23.4 Å². The molecule has 3 heterocycles. The maximum atomic E-state index is 13.5. The van der Waals surface area contributed by atoms with E-state index in [1.165, 1.54) is 6.08 Å². The Morgan fingerprint density at radius 3 is 2.62 bits per heavy atom. The third kappa shape index (κ3) is 6.44. The van der Waals surface area contributed by atoms with Crippen molar-refractivity contribution >= 4 is 40.4 Å². The van der Waals surface area contributed by atoms with E-state index in [9.17, 15) is 18.7 Å². The number of pyridine rings is 1. The van der Waals surface area contributed by atoms with Gasteiger partial charge in [0.05, 0.1) is 6.54 Å². The van der Waals surface area contributed by atoms with E-state index in [2.05, 4.69) is 10.3 Å². The lowest BCUT2D eigenvalue weighted by atomic mass is 9.99. The number of hydrogen-bond acceptors (Lipinski definition) is 6. The highest BCUT2D eigenvalue weighted by molar-refractivity contribution is 6.31. The first-order chi connectivity index (χ1) is 18.7. The van der Waals surface area contributed by atoms with Crippen LogP contribution in [0.2, 0.25) is 5.02 Å². The maximum absolute atomic E-state index is 13.5. The van der Waals surface area contributed by atoms with Crippen molar-refractivity contribution in [2.75, 3.05) is 18.8 Å². The Morgan fingerprint density at radius 1 is 1.18 bits per heavy atom. The number of furan rings is 1. The van der Waals surface area contributed by atoms with Crippen LogP contribution >= 0.6 is 11.6 Å². The van der Waals surface area contributed by atoms with Crippen molar-refractivity contribution in [3.63, 3.8) is 0 Å². The number of rotatable bonds is 7. The largest absolute Gasteiger partial charge is 0.459 e. The molecule has 0 bridgehead atoms. The number of fused-ring (bicyclic) bond motifs is 1. The van der Waals surface area contributed by atoms with Crippen molar-refractivity contribution in [2.45, 2.75) is 31.5 Å². The molecular formula is C29H27ClF2N4O3. The topological polar surface area (TPSA) is 105 Å². The van der Waals surface area contributed by atoms with Gasteiger partial charge in [0, 0.05) is 54.7 Å². The highest BCUT2D eigenvalue weighted by Gasteiger charge is 2.36. The van der Waals surface area contributed by atoms with Crippen molar-refractivity contribution in [3.05, 3.63) is 88.8 Å². The molecule has 10 heteroatoms. The van der Waals surface area contributed by atoms with Crippen molar-refractivity contribution in [1.82, 2.24) is 15.2 Å². The molecule has 4 aromatic rings. The number of likely N-dealkylation sites (tertiary alicyclic amines) is 1. The maximum Gasteiger partial charge on any atom is 0.250 e. The second kappa shape index (κ2) is 11.1. The highest BCUT2D eigenvalue weighted by Crippen LogP contribution is 2.36. The van der Waals surface area contributed by atoms with Gasteiger partial charge in [0.15, 0.2) is 0 Å². The van der Waals surface area contributed by atoms with Crippen LogP contribution in [0.1, 0.15) is 36.0 Å². The number of carbonyl (C=O) groups excluding carboxylic acids is 1. The van der Waals surface area contributed by atoms with E-state index in [0.717, 1.165) is 22.1 Å². The molecule has 39 heavy (non-hydrogen) atoms. The third-order valence-electron chi connectivity index (χ3n) is 6.72. The Morgan fingerprint density at radius 2 is 1.92 bits per heavy atom. The minimum Gasteiger partial charge on any atom is -0.459 e. The number of aliphatic hydroxyl groups excluding tert-OH is 1. The van der Waals surface area contributed by atoms with Crippen molar-refractivity contribution in [1.29, 1.82) is 0 Å². The molecule has 5 rings (SSSR count). The monoisotopic (exact) mass is 552 g/mol. The minimum absolute atomic E-state index is 0.132. The van der Waals surface area contributed by atoms with Gasteiger partial charge in [-0.3, -0.25) is 9.69 Å². The molecule has 2 aromatic heterocycles. The van der Waals surface area contributed by atoms with Gasteiger partial charge in [-0.05, 0) is 52.6 Å². The minimum atomic E-state index is -2.67. The second-order valence-electron chi connectivity index (χ2n) is 9.53. The summed E-state index contributed by atoms with van der Waals surface area (Å²) in [6.07, 6.45) is 3.14. The van der Waals surface area contributed by atoms with E-state index < -0.39 is 12.2 Å². The van der Waals surface area contributed by atoms with E-state index in [1.54, 1.807) is 47.5 Å². The molecule has 1 saturated heterocycles. The fourth-order valence-corrected chi connectivity index (χ4v) is 4.75. The number of amides is 1. The van der Waals surface area contributed by atoms with Crippen LogP contribution in [0.5, 0.6) is 0 Å². The van der Waals surface area contributed by atoms with E-state index in [4.69, 9.17) is 21.8 Å². The Hall–Kier alpha value is -3.79. The van der Waals surface area contributed by atoms with Crippen LogP contribution in [0, 0.1) is 0 Å². The molecule has 0 saturated carbocycles. The lowest BCUT2D eigenvalue weighted by Gasteiger charge is -2.35. The van der Waals surface area contributed by atoms with Gasteiger partial charge in [-0.15, -0.1) is 0 Å². The molecule has 1 aliphatic rings. The van der Waals surface area contributed by atoms with Gasteiger partial charge in [-0.1, -0.05) is 35.9 Å². The zero-order valence-electron chi connectivity index (χ0n) is 20.9. The number of benzene rings is 2. The molecule has 1 aliphatic heterocycles. The number of halogens is 3. The van der Waals surface area contributed by atoms with Crippen LogP contribution in [0.25, 0.3) is 28.2 Å². The van der Waals surface area contributed by atoms with Crippen LogP contribution in [0.3, 0.4) is 0 Å². The Kier molecular flexibility index (Phi) is 7.65. The van der Waals surface area contributed by atoms with Crippen LogP contribution in [-0.2, 0) is 11.3 Å². The Labute approximate surface area is 228 Å². The summed E-state index contributed by atoms with van der Waals surface area (Å²) in [7, 11) is 0. The Bertz CT molecular complexity index is 1490. The average molecular weight is 553 g/mol. The van der Waals surface area contributed by atoms with Crippen LogP contribution in [0.15, 0.2) is 71.3 Å². The van der Waals surface area contributed by atoms with Crippen molar-refractivity contribution in [3.8, 4) is 11.1 Å². The summed E-state index contributed by atoms with van der Waals surface area (Å²) in [6, 6.07) is 16.1. The number of anilines is 1. The molecule has 0 radical (unpaired) electrons. The van der Waals surface area contributed by atoms with Crippen molar-refractivity contribution in [2.24, 2.45) is 0 Å². The number of hydrogen-bond donors (Lipinski definition) is 3. The quantitative estimate of drug-likeness (QED) is 0.251. The van der Waals surface area contributed by atoms with E-state index in [0.29, 0.717) is 27.7 Å². The number of nitrogens with zero attached hydrogens (tertiary/aromatic N) is 2. The molecule has 1 unspecified atom stereocenters. The first kappa shape index (κ1) is 26.8. The Balaban J connectivity index is 1.28. The number of nitrogens with one attached hydrogen (secondary N) is 1. The molecule has 0 spiro atoms. The molecule has 0 aliphatic carbocycles. The predicted octanol–water partition coefficient (Wildman–Crippen LogP) is 5.78. The molecule has 1 amide bonds. The predicted molar refractivity (Wildman–Crippen MR) is 147 cm³/mol. The summed E-state index contributed by atoms with van der Waals surface area (Å²) in [6.45, 7) is 0.440. The molecule has 4 N–H and O–H groups in total. The fourth-order valence-electron chi connectivity index (χ4n) is 4.55. The second-order valence-corrected chi connectivity index (χ2v) is 9.97. The van der Waals surface area contributed by atoms with E-state index >= 15 is 0 Å². The van der Waals surface area contributed by atoms with Gasteiger partial charge in [0.25, 0.3) is 5.92 Å². The van der Waals surface area contributed by atoms with Gasteiger partial charge < -0.3 is 20.6 Å². The lowest BCUT2D eigenvalue weighted by molar-refractivity contribution is -0.116. The SMILES string of the molecule is Nc1ccc(/C=C/C(=O)NCc2cc3c(-c4ccc(C(O)N5CCC(F)(F)CC5)cc4)cc(Cl)cc3o2)cn1. The zero-order chi connectivity index (χ0) is 27.6. The first-order valence-electron chi connectivity index (χ1n) is 12.5. The average Bonchev–Trinajstić information content (AvgIpc) is 3.33. The number of piperidine rings is 1. The molecule has 1 fully saturated rings. The van der Waals surface area contributed by atoms with Crippen LogP contribution in [-0.4, -0.2) is 39.9 Å². The summed E-state index contributed by atoms with van der Waals surface area (Å²) >= 11 is 6.37. The molecule has 1 atom stereocenters. The molecule has 202 valence electrons. The first-order valence-corrected chi connectivity index (χ1v) is 12.8. The highest BCUT2D eigenvalue weighted by atomic mass is 35.5. The van der Waals surface area contributed by atoms with Crippen LogP contribution in [0.4, 0.5) is 14.6 Å². The van der Waals surface area contributed by atoms with Crippen LogP contribution < -0.4 is 11.1 Å². The van der Waals surface area contributed by atoms with Gasteiger partial charge in [-0.25, -0.2) is 13.8 Å². The van der Waals surface area contributed by atoms with E-state index in [-0.39, 0.29) is 38.4 Å². The van der Waals surface area contributed by atoms with Gasteiger partial charge >= 0.3 is 0 Å². The third-order valence-corrected chi connectivity index (χ3v) is 6.94. The van der Waals surface area contributed by atoms with E-state index in [1.807, 2.05) is 24.3 Å². The normalized spacial score (nSPS) is 16.5. The zero-order valence-corrected chi connectivity index (χ0v) is 21.7. The summed E-state index contributed by atoms with van der Waals surface area (Å²) < 4.78 is 32.9. The van der Waals surface area contributed by atoms with Crippen molar-refractivity contribution < 1.29 is 23.1 Å². The lowest BCUT2D eigenvalue weighted by Crippen LogP contribution is -2.41. The molecule has 2 aromatic carbocycles. The summed E-state index contributed by atoms with van der Waals surface area (Å²) in [5, 5.41) is 14.8. The smallest absolute Gasteiger partial charge is 0.250 e. The number of nitrogens with two attached hydrogens (primary N) is 1. The number of aliphatic hydroxyl groups is 1. The van der Waals surface area contributed by atoms with Gasteiger partial charge in [-0.2, -0.15) is 0 Å². The molecule has 7 nitrogen and oxygen atoms in total. The summed E-state index contributed by atoms with van der Waals surface area (Å²) in [4.78, 5) is 17.9. The number of nitrogen functional groups attached to an aromatic ring is 1. The number of carbonyl (C=O) groups is 1. The number of aromatic nitrogens is 1. The summed E-state index contributed by atoms with van der Waals surface area (Å²) in [5.41, 5.74) is 9.19. The fraction of sp³-hybridized carbons (Fsp3) is 0.241. The van der Waals surface area contributed by atoms with Gasteiger partial charge in [0.2, 0.25) is 5.91 Å². The number of alkyl halides is 2.